The number of hydrogen-bond acceptors (Lipinski definition) is 10. The van der Waals surface area contributed by atoms with Crippen molar-refractivity contribution in [2.75, 3.05) is 7.11 Å². The number of nitrogens with one attached hydrogen (secondary N) is 2. The number of ketones is 1. The number of rotatable bonds is 11. The summed E-state index contributed by atoms with van der Waals surface area (Å²) in [5.41, 5.74) is 0.946. The molecule has 0 radical (unpaired) electrons. The third kappa shape index (κ3) is 5.86. The van der Waals surface area contributed by atoms with Crippen LogP contribution < -0.4 is 10.5 Å². The highest BCUT2D eigenvalue weighted by Crippen LogP contribution is 2.42. The van der Waals surface area contributed by atoms with Gasteiger partial charge >= 0.3 is 12.7 Å². The Balaban J connectivity index is 1.58. The van der Waals surface area contributed by atoms with Gasteiger partial charge < -0.3 is 24.6 Å². The van der Waals surface area contributed by atoms with Gasteiger partial charge in [-0.25, -0.2) is 9.78 Å². The van der Waals surface area contributed by atoms with Gasteiger partial charge in [-0.05, 0) is 24.3 Å². The summed E-state index contributed by atoms with van der Waals surface area (Å²) in [4.78, 5) is 59.3. The molecule has 1 aromatic heterocycles. The number of fused-ring (bicyclic) bond motifs is 2. The third-order valence-corrected chi connectivity index (χ3v) is 6.67. The van der Waals surface area contributed by atoms with Crippen molar-refractivity contribution in [1.82, 2.24) is 20.5 Å². The van der Waals surface area contributed by atoms with Crippen LogP contribution in [0.2, 0.25) is 5.82 Å². The van der Waals surface area contributed by atoms with Crippen LogP contribution in [0.5, 0.6) is 0 Å². The highest BCUT2D eigenvalue weighted by Gasteiger charge is 2.60. The Kier molecular flexibility index (Phi) is 7.99. The predicted octanol–water partition coefficient (Wildman–Crippen LogP) is 1.22. The van der Waals surface area contributed by atoms with Crippen molar-refractivity contribution in [3.8, 4) is 0 Å². The van der Waals surface area contributed by atoms with E-state index in [2.05, 4.69) is 20.5 Å². The summed E-state index contributed by atoms with van der Waals surface area (Å²) in [6.45, 7) is 1.47. The molecule has 3 heterocycles. The van der Waals surface area contributed by atoms with Crippen LogP contribution >= 0.6 is 0 Å². The average Bonchev–Trinajstić information content (AvgIpc) is 3.44. The Labute approximate surface area is 214 Å². The zero-order valence-corrected chi connectivity index (χ0v) is 21.0. The fourth-order valence-electron chi connectivity index (χ4n) is 4.99. The molecule has 1 aromatic carbocycles. The third-order valence-electron chi connectivity index (χ3n) is 6.67. The molecular formula is C25H30BN4O7-. The summed E-state index contributed by atoms with van der Waals surface area (Å²) in [7, 11) is 1.21. The maximum absolute atomic E-state index is 13.7. The summed E-state index contributed by atoms with van der Waals surface area (Å²) in [6, 6.07) is 7.44. The molecule has 2 fully saturated rings. The van der Waals surface area contributed by atoms with E-state index in [1.807, 2.05) is 44.2 Å². The second-order valence-electron chi connectivity index (χ2n) is 9.80. The molecule has 2 aromatic rings. The Bertz CT molecular complexity index is 1150. The summed E-state index contributed by atoms with van der Waals surface area (Å²) in [6.07, 6.45) is 3.70. The lowest BCUT2D eigenvalue weighted by atomic mass is 9.54. The van der Waals surface area contributed by atoms with Crippen molar-refractivity contribution in [1.29, 1.82) is 0 Å². The van der Waals surface area contributed by atoms with Crippen LogP contribution in [0.25, 0.3) is 0 Å². The minimum Gasteiger partial charge on any atom is -0.652 e. The van der Waals surface area contributed by atoms with E-state index in [4.69, 9.17) is 14.0 Å². The van der Waals surface area contributed by atoms with E-state index >= 15 is 0 Å². The lowest BCUT2D eigenvalue weighted by Crippen LogP contribution is -2.54. The monoisotopic (exact) mass is 509 g/mol. The van der Waals surface area contributed by atoms with Crippen molar-refractivity contribution in [2.24, 2.45) is 5.92 Å². The normalized spacial score (nSPS) is 23.8. The number of Topliss-reactive ketones (excluding diaryl/α,β-unsaturated/α-hetero) is 1. The topological polar surface area (TPSA) is 146 Å². The van der Waals surface area contributed by atoms with Crippen LogP contribution in [0.1, 0.15) is 42.7 Å². The minimum atomic E-state index is -2.48. The van der Waals surface area contributed by atoms with E-state index in [9.17, 15) is 19.2 Å². The molecule has 12 heteroatoms. The largest absolute Gasteiger partial charge is 0.652 e. The first-order valence-corrected chi connectivity index (χ1v) is 12.3. The highest BCUT2D eigenvalue weighted by molar-refractivity contribution is 6.71. The molecule has 0 spiro atoms. The molecule has 37 heavy (non-hydrogen) atoms. The smallest absolute Gasteiger partial charge is 0.376 e. The number of ether oxygens (including phenoxy) is 1. The Hall–Kier alpha value is -3.64. The van der Waals surface area contributed by atoms with Gasteiger partial charge in [-0.15, -0.1) is 0 Å². The van der Waals surface area contributed by atoms with Gasteiger partial charge in [0.1, 0.15) is 17.8 Å². The van der Waals surface area contributed by atoms with Crippen LogP contribution in [0.4, 0.5) is 0 Å². The van der Waals surface area contributed by atoms with E-state index in [1.54, 1.807) is 0 Å². The van der Waals surface area contributed by atoms with Gasteiger partial charge in [0.25, 0.3) is 11.9 Å². The molecule has 2 bridgehead atoms. The average molecular weight is 509 g/mol. The number of carbonyl (C=O) groups excluding carboxylic acids is 4. The van der Waals surface area contributed by atoms with Gasteiger partial charge in [-0.3, -0.25) is 19.4 Å². The molecule has 5 atom stereocenters. The molecule has 11 nitrogen and oxygen atoms in total. The predicted molar refractivity (Wildman–Crippen MR) is 132 cm³/mol. The molecular weight excluding hydrogens is 479 g/mol. The first kappa shape index (κ1) is 26.4. The number of amides is 1. The fraction of sp³-hybridized carbons (Fsp3) is 0.440. The van der Waals surface area contributed by atoms with Crippen molar-refractivity contribution in [3.63, 3.8) is 0 Å². The molecule has 2 saturated heterocycles. The van der Waals surface area contributed by atoms with Crippen molar-refractivity contribution in [2.45, 2.75) is 57.1 Å². The number of esters is 1. The van der Waals surface area contributed by atoms with Gasteiger partial charge in [0.05, 0.1) is 19.3 Å². The fourth-order valence-corrected chi connectivity index (χ4v) is 4.99. The van der Waals surface area contributed by atoms with Gasteiger partial charge in [-0.2, -0.15) is 0 Å². The van der Waals surface area contributed by atoms with Crippen LogP contribution in [0, 0.1) is 5.92 Å². The number of carbonyl (C=O) groups is 4. The molecule has 2 aliphatic heterocycles. The quantitative estimate of drug-likeness (QED) is 0.335. The molecule has 2 N–H and O–H groups in total. The molecule has 196 valence electrons. The van der Waals surface area contributed by atoms with Crippen molar-refractivity contribution in [3.05, 3.63) is 60.2 Å². The maximum atomic E-state index is 13.7. The number of aromatic nitrogens is 2. The first-order valence-electron chi connectivity index (χ1n) is 12.3. The van der Waals surface area contributed by atoms with E-state index in [-0.39, 0.29) is 30.2 Å². The number of methoxy groups -OCH3 is 1. The molecule has 4 rings (SSSR count). The molecule has 1 amide bonds. The Morgan fingerprint density at radius 3 is 2.59 bits per heavy atom. The van der Waals surface area contributed by atoms with Crippen LogP contribution in [0.3, 0.4) is 0 Å². The second-order valence-corrected chi connectivity index (χ2v) is 9.80. The molecule has 0 aliphatic carbocycles. The van der Waals surface area contributed by atoms with E-state index in [0.717, 1.165) is 5.56 Å². The number of nitrogens with zero attached hydrogens (tertiary/aromatic N) is 2. The van der Waals surface area contributed by atoms with Gasteiger partial charge in [-0.1, -0.05) is 56.4 Å². The lowest BCUT2D eigenvalue weighted by molar-refractivity contribution is -0.158. The van der Waals surface area contributed by atoms with Gasteiger partial charge in [0.15, 0.2) is 5.78 Å². The standard InChI is InChI=1S/C25H30BN4O7/c1-15(2)11-17(26-30-21(24(33)37-26)22(36-26)25(34)35-3)13-20(31)18(12-16-7-5-4-6-8-16)29-23(32)19-14-27-9-10-28-19/h4-10,14-15,17-18,21-22,30H,11-13H2,1-3H3,(H,29,32)/q-1/t17?,18-,21-,22+,26?/m0/s1. The van der Waals surface area contributed by atoms with Gasteiger partial charge in [0.2, 0.25) is 0 Å². The zero-order valence-electron chi connectivity index (χ0n) is 21.0. The summed E-state index contributed by atoms with van der Waals surface area (Å²) in [5.74, 6) is -2.54. The summed E-state index contributed by atoms with van der Waals surface area (Å²) in [5, 5.41) is 5.82. The second kappa shape index (κ2) is 11.2. The number of hydrogen-bond donors (Lipinski definition) is 2. The Morgan fingerprint density at radius 1 is 1.19 bits per heavy atom. The molecule has 2 unspecified atom stereocenters. The first-order chi connectivity index (χ1) is 17.7. The van der Waals surface area contributed by atoms with Crippen molar-refractivity contribution < 1.29 is 33.2 Å². The Morgan fingerprint density at radius 2 is 1.95 bits per heavy atom. The summed E-state index contributed by atoms with van der Waals surface area (Å²) >= 11 is 0. The van der Waals surface area contributed by atoms with E-state index < -0.39 is 48.5 Å². The highest BCUT2D eigenvalue weighted by atomic mass is 16.7. The lowest BCUT2D eigenvalue weighted by Gasteiger charge is -2.42. The zero-order chi connectivity index (χ0) is 26.6. The molecule has 0 saturated carbocycles. The van der Waals surface area contributed by atoms with Crippen molar-refractivity contribution >= 4 is 30.3 Å². The van der Waals surface area contributed by atoms with E-state index in [1.165, 1.54) is 25.7 Å². The van der Waals surface area contributed by atoms with Gasteiger partial charge in [0, 0.05) is 12.4 Å². The van der Waals surface area contributed by atoms with Crippen LogP contribution in [-0.4, -0.2) is 65.6 Å². The SMILES string of the molecule is COC(=O)[C@@H]1O[B-]2(C(CC(=O)[C@H](Cc3ccccc3)NC(=O)c3cnccn3)CC(C)C)N[C@@H]1C(=O)O2. The maximum Gasteiger partial charge on any atom is 0.376 e. The van der Waals surface area contributed by atoms with Crippen LogP contribution in [0.15, 0.2) is 48.9 Å². The van der Waals surface area contributed by atoms with Crippen LogP contribution in [-0.2, 0) is 34.9 Å². The number of benzene rings is 1. The molecule has 2 aliphatic rings. The minimum absolute atomic E-state index is 0.0582. The van der Waals surface area contributed by atoms with E-state index in [0.29, 0.717) is 6.42 Å². The summed E-state index contributed by atoms with van der Waals surface area (Å²) < 4.78 is 16.4.